The van der Waals surface area contributed by atoms with Crippen molar-refractivity contribution < 1.29 is 20.1 Å². The smallest absolute Gasteiger partial charge is 0.0795 e. The maximum atomic E-state index is 4.74. The molecule has 0 aliphatic carbocycles. The average molecular weight is 923 g/mol. The van der Waals surface area contributed by atoms with Gasteiger partial charge < -0.3 is 9.97 Å². The summed E-state index contributed by atoms with van der Waals surface area (Å²) in [6, 6.07) is 41.7. The van der Waals surface area contributed by atoms with E-state index in [1.54, 1.807) is 0 Å². The van der Waals surface area contributed by atoms with Crippen molar-refractivity contribution in [1.29, 1.82) is 0 Å². The minimum absolute atomic E-state index is 0. The molecule has 0 unspecified atom stereocenters. The summed E-state index contributed by atoms with van der Waals surface area (Å²) in [5, 5.41) is 3.99. The minimum Gasteiger partial charge on any atom is -0.305 e. The molecule has 5 heteroatoms. The monoisotopic (exact) mass is 923 g/mol. The second-order valence-electron chi connectivity index (χ2n) is 17.8. The first kappa shape index (κ1) is 41.4. The van der Waals surface area contributed by atoms with Crippen LogP contribution in [0.1, 0.15) is 72.1 Å². The molecular formula is C49H54IrN2SSi-2. The van der Waals surface area contributed by atoms with Crippen LogP contribution in [0.25, 0.3) is 53.8 Å². The summed E-state index contributed by atoms with van der Waals surface area (Å²) in [5.41, 5.74) is 11.1. The molecule has 3 heterocycles. The van der Waals surface area contributed by atoms with E-state index >= 15 is 0 Å². The van der Waals surface area contributed by atoms with Gasteiger partial charge in [-0.05, 0) is 84.2 Å². The zero-order valence-electron chi connectivity index (χ0n) is 33.8. The van der Waals surface area contributed by atoms with E-state index in [0.717, 1.165) is 28.9 Å². The average Bonchev–Trinajstić information content (AvgIpc) is 3.49. The van der Waals surface area contributed by atoms with Crippen molar-refractivity contribution in [1.82, 2.24) is 9.97 Å². The van der Waals surface area contributed by atoms with E-state index < -0.39 is 8.07 Å². The number of hydrogen-bond acceptors (Lipinski definition) is 3. The molecule has 3 aromatic heterocycles. The molecule has 1 radical (unpaired) electrons. The molecule has 0 fully saturated rings. The number of benzene rings is 4. The maximum Gasteiger partial charge on any atom is 0.0795 e. The molecule has 0 bridgehead atoms. The summed E-state index contributed by atoms with van der Waals surface area (Å²) in [7, 11) is -1.23. The first-order chi connectivity index (χ1) is 25.0. The topological polar surface area (TPSA) is 25.8 Å². The van der Waals surface area contributed by atoms with Crippen LogP contribution in [0.5, 0.6) is 0 Å². The van der Waals surface area contributed by atoms with Gasteiger partial charge in [0.1, 0.15) is 0 Å². The number of fused-ring (bicyclic) bond motifs is 3. The van der Waals surface area contributed by atoms with E-state index in [4.69, 9.17) is 4.98 Å². The third kappa shape index (κ3) is 9.73. The number of aromatic nitrogens is 2. The molecule has 0 N–H and O–H groups in total. The van der Waals surface area contributed by atoms with E-state index in [-0.39, 0.29) is 30.9 Å². The third-order valence-corrected chi connectivity index (χ3v) is 13.0. The van der Waals surface area contributed by atoms with Crippen LogP contribution < -0.4 is 5.19 Å². The summed E-state index contributed by atoms with van der Waals surface area (Å²) >= 11 is 1.86. The van der Waals surface area contributed by atoms with Crippen LogP contribution in [-0.4, -0.2) is 18.0 Å². The van der Waals surface area contributed by atoms with Gasteiger partial charge in [0.05, 0.1) is 8.07 Å². The van der Waals surface area contributed by atoms with Gasteiger partial charge in [-0.1, -0.05) is 135 Å². The van der Waals surface area contributed by atoms with Crippen LogP contribution in [0.3, 0.4) is 0 Å². The zero-order chi connectivity index (χ0) is 38.1. The Morgan fingerprint density at radius 3 is 2.00 bits per heavy atom. The Bertz CT molecular complexity index is 2310. The fourth-order valence-corrected chi connectivity index (χ4v) is 8.81. The van der Waals surface area contributed by atoms with E-state index in [1.807, 2.05) is 48.0 Å². The number of hydrogen-bond donors (Lipinski definition) is 0. The van der Waals surface area contributed by atoms with Crippen molar-refractivity contribution in [2.45, 2.75) is 92.3 Å². The summed E-state index contributed by atoms with van der Waals surface area (Å²) < 4.78 is 2.58. The van der Waals surface area contributed by atoms with E-state index in [2.05, 4.69) is 165 Å². The van der Waals surface area contributed by atoms with Gasteiger partial charge in [0.2, 0.25) is 0 Å². The number of pyridine rings is 2. The van der Waals surface area contributed by atoms with Crippen LogP contribution in [-0.2, 0) is 37.4 Å². The van der Waals surface area contributed by atoms with Crippen molar-refractivity contribution >= 4 is 44.8 Å². The molecule has 0 aliphatic rings. The van der Waals surface area contributed by atoms with Crippen molar-refractivity contribution in [3.63, 3.8) is 0 Å². The largest absolute Gasteiger partial charge is 0.305 e. The van der Waals surface area contributed by atoms with Gasteiger partial charge in [-0.2, -0.15) is 11.3 Å². The molecule has 54 heavy (non-hydrogen) atoms. The molecule has 7 aromatic rings. The van der Waals surface area contributed by atoms with Crippen molar-refractivity contribution in [3.8, 4) is 33.6 Å². The first-order valence-corrected chi connectivity index (χ1v) is 23.2. The standard InChI is InChI=1S/C35H38NS.C14H16NSi.Ir/c1-22(2)16-23-14-15-36-31(17-23)30-11-9-10-29-28-13-12-24(20-32(28)37-33(29)30)25-18-26(34(3,4)5)21-27(19-25)35(6,7)8;1-16(2,3)13-9-10-14(15-11-13)12-7-5-4-6-8-12;/h9-10,12-15,17-22H,16H2,1-8H3;4-7,9-11H,1-3H3;/q2*-1;. The van der Waals surface area contributed by atoms with Gasteiger partial charge in [0.25, 0.3) is 0 Å². The van der Waals surface area contributed by atoms with Gasteiger partial charge in [-0.15, -0.1) is 59.7 Å². The van der Waals surface area contributed by atoms with E-state index in [9.17, 15) is 0 Å². The van der Waals surface area contributed by atoms with Crippen LogP contribution in [0, 0.1) is 18.1 Å². The number of thiophene rings is 1. The van der Waals surface area contributed by atoms with Crippen LogP contribution in [0.4, 0.5) is 0 Å². The molecule has 281 valence electrons. The summed E-state index contributed by atoms with van der Waals surface area (Å²) in [6.45, 7) is 25.3. The van der Waals surface area contributed by atoms with Crippen LogP contribution in [0.2, 0.25) is 19.6 Å². The van der Waals surface area contributed by atoms with Crippen LogP contribution >= 0.6 is 11.3 Å². The second-order valence-corrected chi connectivity index (χ2v) is 23.9. The van der Waals surface area contributed by atoms with Crippen molar-refractivity contribution in [2.75, 3.05) is 0 Å². The second kappa shape index (κ2) is 16.6. The number of rotatable bonds is 6. The Hall–Kier alpha value is -3.73. The Labute approximate surface area is 342 Å². The molecule has 7 rings (SSSR count). The summed E-state index contributed by atoms with van der Waals surface area (Å²) in [5.74, 6) is 0.619. The van der Waals surface area contributed by atoms with Gasteiger partial charge in [0, 0.05) is 37.2 Å². The molecular weight excluding hydrogens is 869 g/mol. The van der Waals surface area contributed by atoms with Gasteiger partial charge in [-0.25, -0.2) is 0 Å². The minimum atomic E-state index is -1.23. The van der Waals surface area contributed by atoms with Crippen molar-refractivity contribution in [2.24, 2.45) is 5.92 Å². The quantitative estimate of drug-likeness (QED) is 0.123. The predicted molar refractivity (Wildman–Crippen MR) is 234 cm³/mol. The molecule has 0 saturated carbocycles. The Balaban J connectivity index is 0.000000276. The molecule has 0 atom stereocenters. The van der Waals surface area contributed by atoms with Crippen molar-refractivity contribution in [3.05, 3.63) is 138 Å². The molecule has 0 spiro atoms. The molecule has 0 saturated heterocycles. The van der Waals surface area contributed by atoms with Gasteiger partial charge in [0.15, 0.2) is 0 Å². The fourth-order valence-electron chi connectivity index (χ4n) is 6.53. The first-order valence-electron chi connectivity index (χ1n) is 18.9. The maximum absolute atomic E-state index is 4.74. The van der Waals surface area contributed by atoms with Crippen LogP contribution in [0.15, 0.2) is 109 Å². The third-order valence-electron chi connectivity index (χ3n) is 9.77. The summed E-state index contributed by atoms with van der Waals surface area (Å²) in [4.78, 5) is 9.26. The van der Waals surface area contributed by atoms with Gasteiger partial charge >= 0.3 is 0 Å². The van der Waals surface area contributed by atoms with E-state index in [0.29, 0.717) is 5.92 Å². The van der Waals surface area contributed by atoms with Gasteiger partial charge in [-0.3, -0.25) is 0 Å². The molecule has 2 nitrogen and oxygen atoms in total. The zero-order valence-corrected chi connectivity index (χ0v) is 38.0. The Morgan fingerprint density at radius 1 is 0.685 bits per heavy atom. The SMILES string of the molecule is CC(C)Cc1ccnc(-c2[c-]ccc3c2sc2cc(-c4cc(C(C)(C)C)cc(C(C)(C)C)c4)ccc23)c1.C[Si](C)(C)c1ccc(-c2[c-]cccc2)nc1.[Ir]. The number of nitrogens with zero attached hydrogens (tertiary/aromatic N) is 2. The van der Waals surface area contributed by atoms with E-state index in [1.165, 1.54) is 53.2 Å². The Kier molecular flexibility index (Phi) is 12.7. The molecule has 0 amide bonds. The summed E-state index contributed by atoms with van der Waals surface area (Å²) in [6.07, 6.45) is 5.02. The Morgan fingerprint density at radius 2 is 1.41 bits per heavy atom. The molecule has 4 aromatic carbocycles. The predicted octanol–water partition coefficient (Wildman–Crippen LogP) is 13.5. The molecule has 0 aliphatic heterocycles. The fraction of sp³-hybridized carbons (Fsp3) is 0.306. The normalized spacial score (nSPS) is 12.1.